The van der Waals surface area contributed by atoms with Crippen molar-refractivity contribution in [3.8, 4) is 5.75 Å². The lowest BCUT2D eigenvalue weighted by atomic mass is 10.1. The molecule has 0 saturated carbocycles. The number of fused-ring (bicyclic) bond motifs is 1. The van der Waals surface area contributed by atoms with Gasteiger partial charge >= 0.3 is 0 Å². The molecule has 17 heavy (non-hydrogen) atoms. The Morgan fingerprint density at radius 2 is 2.35 bits per heavy atom. The molecule has 0 amide bonds. The first-order chi connectivity index (χ1) is 8.42. The number of benzene rings is 1. The number of ether oxygens (including phenoxy) is 1. The predicted molar refractivity (Wildman–Crippen MR) is 64.9 cm³/mol. The number of rotatable bonds is 4. The average Bonchev–Trinajstić information content (AvgIpc) is 2.96. The summed E-state index contributed by atoms with van der Waals surface area (Å²) < 4.78 is 5.84. The molecule has 3 rings (SSSR count). The molecule has 0 radical (unpaired) electrons. The van der Waals surface area contributed by atoms with Gasteiger partial charge in [0.1, 0.15) is 11.9 Å². The number of imidazole rings is 1. The number of para-hydroxylation sites is 1. The normalized spacial score (nSPS) is 17.8. The molecule has 1 unspecified atom stereocenters. The summed E-state index contributed by atoms with van der Waals surface area (Å²) >= 11 is 0. The summed E-state index contributed by atoms with van der Waals surface area (Å²) in [6, 6.07) is 8.23. The molecule has 0 spiro atoms. The van der Waals surface area contributed by atoms with Crippen LogP contribution in [0.3, 0.4) is 0 Å². The molecule has 1 aliphatic heterocycles. The van der Waals surface area contributed by atoms with Gasteiger partial charge in [0.15, 0.2) is 0 Å². The Bertz CT molecular complexity index is 456. The van der Waals surface area contributed by atoms with Gasteiger partial charge in [0.25, 0.3) is 0 Å². The average molecular weight is 229 g/mol. The van der Waals surface area contributed by atoms with E-state index < -0.39 is 0 Å². The molecule has 4 heteroatoms. The van der Waals surface area contributed by atoms with Crippen molar-refractivity contribution in [3.05, 3.63) is 48.0 Å². The monoisotopic (exact) mass is 229 g/mol. The maximum absolute atomic E-state index is 5.84. The number of aromatic nitrogens is 2. The standard InChI is InChI=1S/C13H15N3O/c1-2-4-13-10(3-1)5-12(17-13)8-14-6-11-7-15-9-16-11/h1-4,7,9,12,14H,5-6,8H2,(H,15,16). The van der Waals surface area contributed by atoms with Crippen LogP contribution in [0.4, 0.5) is 0 Å². The van der Waals surface area contributed by atoms with Crippen molar-refractivity contribution in [2.75, 3.05) is 6.54 Å². The molecule has 2 N–H and O–H groups in total. The highest BCUT2D eigenvalue weighted by molar-refractivity contribution is 5.37. The lowest BCUT2D eigenvalue weighted by molar-refractivity contribution is 0.227. The van der Waals surface area contributed by atoms with Crippen molar-refractivity contribution >= 4 is 0 Å². The summed E-state index contributed by atoms with van der Waals surface area (Å²) in [5.74, 6) is 1.03. The Hall–Kier alpha value is -1.81. The first kappa shape index (κ1) is 10.4. The van der Waals surface area contributed by atoms with Gasteiger partial charge in [0.05, 0.1) is 6.33 Å². The third kappa shape index (κ3) is 2.31. The smallest absolute Gasteiger partial charge is 0.123 e. The Balaban J connectivity index is 1.49. The van der Waals surface area contributed by atoms with Gasteiger partial charge in [-0.25, -0.2) is 4.98 Å². The van der Waals surface area contributed by atoms with E-state index in [-0.39, 0.29) is 6.10 Å². The third-order valence-corrected chi connectivity index (χ3v) is 2.96. The van der Waals surface area contributed by atoms with Gasteiger partial charge in [-0.15, -0.1) is 0 Å². The van der Waals surface area contributed by atoms with Gasteiger partial charge in [-0.3, -0.25) is 0 Å². The van der Waals surface area contributed by atoms with Gasteiger partial charge in [0, 0.05) is 31.4 Å². The molecule has 0 saturated heterocycles. The van der Waals surface area contributed by atoms with E-state index in [0.29, 0.717) is 0 Å². The second kappa shape index (κ2) is 4.59. The van der Waals surface area contributed by atoms with Crippen molar-refractivity contribution in [3.63, 3.8) is 0 Å². The summed E-state index contributed by atoms with van der Waals surface area (Å²) in [4.78, 5) is 7.04. The Kier molecular flexibility index (Phi) is 2.80. The number of aromatic amines is 1. The van der Waals surface area contributed by atoms with Crippen molar-refractivity contribution in [1.82, 2.24) is 15.3 Å². The molecule has 88 valence electrons. The lowest BCUT2D eigenvalue weighted by Crippen LogP contribution is -2.29. The zero-order chi connectivity index (χ0) is 11.5. The van der Waals surface area contributed by atoms with E-state index >= 15 is 0 Å². The minimum Gasteiger partial charge on any atom is -0.488 e. The Labute approximate surface area is 100 Å². The number of nitrogens with one attached hydrogen (secondary N) is 2. The van der Waals surface area contributed by atoms with Crippen LogP contribution in [0.1, 0.15) is 11.3 Å². The number of hydrogen-bond donors (Lipinski definition) is 2. The molecule has 0 bridgehead atoms. The SMILES string of the molecule is c1ccc2c(c1)CC(CNCc1cnc[nH]1)O2. The number of nitrogens with zero attached hydrogens (tertiary/aromatic N) is 1. The molecule has 2 heterocycles. The first-order valence-corrected chi connectivity index (χ1v) is 5.84. The van der Waals surface area contributed by atoms with Gasteiger partial charge in [0.2, 0.25) is 0 Å². The van der Waals surface area contributed by atoms with Crippen LogP contribution >= 0.6 is 0 Å². The Morgan fingerprint density at radius 1 is 1.41 bits per heavy atom. The summed E-state index contributed by atoms with van der Waals surface area (Å²) in [6.07, 6.45) is 4.76. The van der Waals surface area contributed by atoms with E-state index in [1.165, 1.54) is 5.56 Å². The lowest BCUT2D eigenvalue weighted by Gasteiger charge is -2.11. The molecule has 1 atom stereocenters. The zero-order valence-corrected chi connectivity index (χ0v) is 9.52. The molecule has 1 aromatic carbocycles. The van der Waals surface area contributed by atoms with Crippen molar-refractivity contribution in [2.45, 2.75) is 19.1 Å². The van der Waals surface area contributed by atoms with Crippen molar-refractivity contribution < 1.29 is 4.74 Å². The first-order valence-electron chi connectivity index (χ1n) is 5.84. The van der Waals surface area contributed by atoms with E-state index in [2.05, 4.69) is 27.4 Å². The maximum Gasteiger partial charge on any atom is 0.123 e. The molecule has 0 aliphatic carbocycles. The van der Waals surface area contributed by atoms with Crippen LogP contribution in [0, 0.1) is 0 Å². The van der Waals surface area contributed by atoms with Crippen LogP contribution in [0.5, 0.6) is 5.75 Å². The van der Waals surface area contributed by atoms with E-state index in [0.717, 1.165) is 31.0 Å². The molecular weight excluding hydrogens is 214 g/mol. The largest absolute Gasteiger partial charge is 0.488 e. The quantitative estimate of drug-likeness (QED) is 0.835. The minimum absolute atomic E-state index is 0.246. The highest BCUT2D eigenvalue weighted by Gasteiger charge is 2.21. The van der Waals surface area contributed by atoms with Crippen LogP contribution in [-0.2, 0) is 13.0 Å². The highest BCUT2D eigenvalue weighted by Crippen LogP contribution is 2.27. The summed E-state index contributed by atoms with van der Waals surface area (Å²) in [6.45, 7) is 1.66. The van der Waals surface area contributed by atoms with Crippen LogP contribution in [0.15, 0.2) is 36.8 Å². The van der Waals surface area contributed by atoms with Gasteiger partial charge < -0.3 is 15.0 Å². The molecule has 2 aromatic rings. The van der Waals surface area contributed by atoms with Crippen molar-refractivity contribution in [1.29, 1.82) is 0 Å². The fraction of sp³-hybridized carbons (Fsp3) is 0.308. The number of hydrogen-bond acceptors (Lipinski definition) is 3. The van der Waals surface area contributed by atoms with Gasteiger partial charge in [-0.05, 0) is 11.6 Å². The third-order valence-electron chi connectivity index (χ3n) is 2.96. The summed E-state index contributed by atoms with van der Waals surface area (Å²) in [5, 5.41) is 3.37. The second-order valence-electron chi connectivity index (χ2n) is 4.26. The predicted octanol–water partition coefficient (Wildman–Crippen LogP) is 1.50. The highest BCUT2D eigenvalue weighted by atomic mass is 16.5. The maximum atomic E-state index is 5.84. The van der Waals surface area contributed by atoms with E-state index in [1.807, 2.05) is 18.3 Å². The second-order valence-corrected chi connectivity index (χ2v) is 4.26. The minimum atomic E-state index is 0.246. The van der Waals surface area contributed by atoms with Gasteiger partial charge in [-0.2, -0.15) is 0 Å². The number of H-pyrrole nitrogens is 1. The van der Waals surface area contributed by atoms with Crippen LogP contribution in [0.25, 0.3) is 0 Å². The molecule has 1 aromatic heterocycles. The van der Waals surface area contributed by atoms with Crippen LogP contribution < -0.4 is 10.1 Å². The molecule has 0 fully saturated rings. The molecule has 4 nitrogen and oxygen atoms in total. The topological polar surface area (TPSA) is 49.9 Å². The van der Waals surface area contributed by atoms with Crippen molar-refractivity contribution in [2.24, 2.45) is 0 Å². The molecule has 1 aliphatic rings. The summed E-state index contributed by atoms with van der Waals surface area (Å²) in [5.41, 5.74) is 2.40. The van der Waals surface area contributed by atoms with Gasteiger partial charge in [-0.1, -0.05) is 18.2 Å². The van der Waals surface area contributed by atoms with E-state index in [4.69, 9.17) is 4.74 Å². The Morgan fingerprint density at radius 3 is 3.18 bits per heavy atom. The molecular formula is C13H15N3O. The fourth-order valence-corrected chi connectivity index (χ4v) is 2.12. The van der Waals surface area contributed by atoms with E-state index in [1.54, 1.807) is 6.33 Å². The van der Waals surface area contributed by atoms with E-state index in [9.17, 15) is 0 Å². The fourth-order valence-electron chi connectivity index (χ4n) is 2.12. The summed E-state index contributed by atoms with van der Waals surface area (Å²) in [7, 11) is 0. The zero-order valence-electron chi connectivity index (χ0n) is 9.52. The van der Waals surface area contributed by atoms with Crippen LogP contribution in [0.2, 0.25) is 0 Å². The van der Waals surface area contributed by atoms with Crippen LogP contribution in [-0.4, -0.2) is 22.6 Å².